The topological polar surface area (TPSA) is 45.8 Å². The van der Waals surface area contributed by atoms with Crippen molar-refractivity contribution in [1.82, 2.24) is 10.2 Å². The van der Waals surface area contributed by atoms with Gasteiger partial charge >= 0.3 is 0 Å². The lowest BCUT2D eigenvalue weighted by molar-refractivity contribution is -0.112. The number of carbonyl (C=O) groups excluding carboxylic acids is 1. The monoisotopic (exact) mass is 212 g/mol. The van der Waals surface area contributed by atoms with Gasteiger partial charge in [-0.15, -0.1) is 0 Å². The fourth-order valence-electron chi connectivity index (χ4n) is 1.39. The second kappa shape index (κ2) is 4.57. The number of aromatic amines is 1. The molecule has 0 amide bonds. The van der Waals surface area contributed by atoms with Crippen LogP contribution in [-0.2, 0) is 4.79 Å². The molecule has 3 nitrogen and oxygen atoms in total. The summed E-state index contributed by atoms with van der Waals surface area (Å²) in [5.74, 6) is 0.0239. The summed E-state index contributed by atoms with van der Waals surface area (Å²) in [6.45, 7) is 1.52. The molecule has 80 valence electrons. The number of rotatable bonds is 3. The summed E-state index contributed by atoms with van der Waals surface area (Å²) in [4.78, 5) is 10.8. The van der Waals surface area contributed by atoms with E-state index in [4.69, 9.17) is 0 Å². The molecule has 2 aromatic rings. The Labute approximate surface area is 93.8 Å². The summed E-state index contributed by atoms with van der Waals surface area (Å²) in [7, 11) is 0. The van der Waals surface area contributed by atoms with E-state index in [1.807, 2.05) is 36.4 Å². The van der Waals surface area contributed by atoms with E-state index in [-0.39, 0.29) is 5.78 Å². The first-order chi connectivity index (χ1) is 7.75. The zero-order valence-electron chi connectivity index (χ0n) is 8.97. The third-order valence-electron chi connectivity index (χ3n) is 2.16. The number of nitrogens with one attached hydrogen (secondary N) is 1. The van der Waals surface area contributed by atoms with E-state index in [2.05, 4.69) is 10.2 Å². The van der Waals surface area contributed by atoms with Crippen LogP contribution >= 0.6 is 0 Å². The molecule has 0 unspecified atom stereocenters. The molecule has 0 aliphatic heterocycles. The van der Waals surface area contributed by atoms with Gasteiger partial charge in [0.05, 0.1) is 11.4 Å². The van der Waals surface area contributed by atoms with E-state index in [0.29, 0.717) is 0 Å². The Morgan fingerprint density at radius 2 is 2.06 bits per heavy atom. The lowest BCUT2D eigenvalue weighted by atomic mass is 10.1. The summed E-state index contributed by atoms with van der Waals surface area (Å²) >= 11 is 0. The molecule has 0 radical (unpaired) electrons. The maximum absolute atomic E-state index is 10.8. The van der Waals surface area contributed by atoms with Crippen molar-refractivity contribution in [2.45, 2.75) is 6.92 Å². The third-order valence-corrected chi connectivity index (χ3v) is 2.16. The number of hydrogen-bond donors (Lipinski definition) is 1. The van der Waals surface area contributed by atoms with Crippen LogP contribution in [0.25, 0.3) is 17.3 Å². The van der Waals surface area contributed by atoms with Crippen LogP contribution in [0.2, 0.25) is 0 Å². The molecule has 0 aliphatic rings. The van der Waals surface area contributed by atoms with Gasteiger partial charge in [-0.25, -0.2) is 0 Å². The molecule has 1 N–H and O–H groups in total. The molecule has 1 aromatic carbocycles. The molecule has 16 heavy (non-hydrogen) atoms. The van der Waals surface area contributed by atoms with Gasteiger partial charge in [0.1, 0.15) is 0 Å². The van der Waals surface area contributed by atoms with E-state index in [1.165, 1.54) is 13.0 Å². The first kappa shape index (κ1) is 10.4. The first-order valence-electron chi connectivity index (χ1n) is 5.05. The molecule has 2 rings (SSSR count). The number of hydrogen-bond acceptors (Lipinski definition) is 2. The van der Waals surface area contributed by atoms with Crippen LogP contribution in [0, 0.1) is 0 Å². The average Bonchev–Trinajstić information content (AvgIpc) is 2.76. The van der Waals surface area contributed by atoms with E-state index in [0.717, 1.165) is 17.0 Å². The molecule has 0 saturated carbocycles. The van der Waals surface area contributed by atoms with Crippen molar-refractivity contribution in [3.63, 3.8) is 0 Å². The highest BCUT2D eigenvalue weighted by Crippen LogP contribution is 2.17. The highest BCUT2D eigenvalue weighted by Gasteiger charge is 2.00. The molecule has 0 aliphatic carbocycles. The molecular formula is C13H12N2O. The summed E-state index contributed by atoms with van der Waals surface area (Å²) in [6, 6.07) is 11.8. The molecular weight excluding hydrogens is 200 g/mol. The molecule has 3 heteroatoms. The molecule has 0 saturated heterocycles. The van der Waals surface area contributed by atoms with Crippen LogP contribution < -0.4 is 0 Å². The smallest absolute Gasteiger partial charge is 0.152 e. The zero-order valence-corrected chi connectivity index (χ0v) is 8.97. The van der Waals surface area contributed by atoms with Crippen LogP contribution in [0.4, 0.5) is 0 Å². The van der Waals surface area contributed by atoms with Crippen molar-refractivity contribution in [2.24, 2.45) is 0 Å². The number of nitrogens with zero attached hydrogens (tertiary/aromatic N) is 1. The second-order valence-corrected chi connectivity index (χ2v) is 3.52. The van der Waals surface area contributed by atoms with Crippen molar-refractivity contribution in [1.29, 1.82) is 0 Å². The number of ketones is 1. The number of aromatic nitrogens is 2. The Hall–Kier alpha value is -2.16. The minimum absolute atomic E-state index is 0.0239. The van der Waals surface area contributed by atoms with Gasteiger partial charge in [-0.1, -0.05) is 30.3 Å². The molecule has 0 spiro atoms. The Kier molecular flexibility index (Phi) is 2.96. The van der Waals surface area contributed by atoms with Crippen LogP contribution in [0.15, 0.2) is 42.5 Å². The standard InChI is InChI=1S/C13H12N2O/c1-10(16)7-8-12-9-13(15-14-12)11-5-3-2-4-6-11/h2-9H,1H3,(H,14,15)/b8-7+. The van der Waals surface area contributed by atoms with Crippen molar-refractivity contribution < 1.29 is 4.79 Å². The molecule has 0 bridgehead atoms. The summed E-state index contributed by atoms with van der Waals surface area (Å²) in [5, 5.41) is 7.05. The van der Waals surface area contributed by atoms with E-state index < -0.39 is 0 Å². The molecule has 0 atom stereocenters. The van der Waals surface area contributed by atoms with Crippen molar-refractivity contribution in [2.75, 3.05) is 0 Å². The lowest BCUT2D eigenvalue weighted by Gasteiger charge is -1.92. The van der Waals surface area contributed by atoms with Gasteiger partial charge in [0.25, 0.3) is 0 Å². The van der Waals surface area contributed by atoms with Gasteiger partial charge in [0.15, 0.2) is 5.78 Å². The van der Waals surface area contributed by atoms with Gasteiger partial charge in [0.2, 0.25) is 0 Å². The van der Waals surface area contributed by atoms with Crippen molar-refractivity contribution in [3.05, 3.63) is 48.2 Å². The number of carbonyl (C=O) groups is 1. The predicted octanol–water partition coefficient (Wildman–Crippen LogP) is 2.68. The predicted molar refractivity (Wildman–Crippen MR) is 63.7 cm³/mol. The summed E-state index contributed by atoms with van der Waals surface area (Å²) in [5.41, 5.74) is 2.76. The van der Waals surface area contributed by atoms with Crippen LogP contribution in [0.3, 0.4) is 0 Å². The van der Waals surface area contributed by atoms with Gasteiger partial charge < -0.3 is 0 Å². The number of benzene rings is 1. The fourth-order valence-corrected chi connectivity index (χ4v) is 1.39. The minimum atomic E-state index is 0.0239. The van der Waals surface area contributed by atoms with Gasteiger partial charge in [-0.2, -0.15) is 5.10 Å². The quantitative estimate of drug-likeness (QED) is 0.795. The Morgan fingerprint density at radius 1 is 1.31 bits per heavy atom. The Balaban J connectivity index is 2.23. The minimum Gasteiger partial charge on any atom is -0.295 e. The first-order valence-corrected chi connectivity index (χ1v) is 5.05. The maximum Gasteiger partial charge on any atom is 0.152 e. The third kappa shape index (κ3) is 2.45. The van der Waals surface area contributed by atoms with Crippen LogP contribution in [0.5, 0.6) is 0 Å². The zero-order chi connectivity index (χ0) is 11.4. The SMILES string of the molecule is CC(=O)/C=C/c1cc(-c2ccccc2)n[nH]1. The average molecular weight is 212 g/mol. The molecule has 1 heterocycles. The second-order valence-electron chi connectivity index (χ2n) is 3.52. The van der Waals surface area contributed by atoms with Crippen molar-refractivity contribution >= 4 is 11.9 Å². The van der Waals surface area contributed by atoms with E-state index in [1.54, 1.807) is 6.08 Å². The Morgan fingerprint density at radius 3 is 2.75 bits per heavy atom. The van der Waals surface area contributed by atoms with E-state index in [9.17, 15) is 4.79 Å². The molecule has 0 fully saturated rings. The summed E-state index contributed by atoms with van der Waals surface area (Å²) in [6.07, 6.45) is 3.24. The highest BCUT2D eigenvalue weighted by molar-refractivity contribution is 5.91. The fraction of sp³-hybridized carbons (Fsp3) is 0.0769. The van der Waals surface area contributed by atoms with Crippen molar-refractivity contribution in [3.8, 4) is 11.3 Å². The maximum atomic E-state index is 10.8. The van der Waals surface area contributed by atoms with Crippen LogP contribution in [0.1, 0.15) is 12.6 Å². The normalized spacial score (nSPS) is 10.8. The lowest BCUT2D eigenvalue weighted by Crippen LogP contribution is -1.79. The number of H-pyrrole nitrogens is 1. The van der Waals surface area contributed by atoms with Crippen LogP contribution in [-0.4, -0.2) is 16.0 Å². The largest absolute Gasteiger partial charge is 0.295 e. The number of allylic oxidation sites excluding steroid dienone is 1. The van der Waals surface area contributed by atoms with Gasteiger partial charge in [-0.05, 0) is 25.1 Å². The van der Waals surface area contributed by atoms with Gasteiger partial charge in [0, 0.05) is 5.56 Å². The highest BCUT2D eigenvalue weighted by atomic mass is 16.1. The molecule has 1 aromatic heterocycles. The Bertz CT molecular complexity index is 512. The van der Waals surface area contributed by atoms with Gasteiger partial charge in [-0.3, -0.25) is 9.89 Å². The summed E-state index contributed by atoms with van der Waals surface area (Å²) < 4.78 is 0. The van der Waals surface area contributed by atoms with E-state index >= 15 is 0 Å².